The molecule has 5 nitrogen and oxygen atoms in total. The number of aromatic hydroxyl groups is 1. The normalized spacial score (nSPS) is 11.3. The third-order valence-electron chi connectivity index (χ3n) is 4.19. The molecule has 0 saturated carbocycles. The minimum Gasteiger partial charge on any atom is -0.494 e. The molecule has 0 atom stereocenters. The molecule has 0 bridgehead atoms. The second-order valence-electron chi connectivity index (χ2n) is 5.91. The summed E-state index contributed by atoms with van der Waals surface area (Å²) in [6.07, 6.45) is 1.27. The molecule has 0 unspecified atom stereocenters. The fourth-order valence-electron chi connectivity index (χ4n) is 2.53. The van der Waals surface area contributed by atoms with Gasteiger partial charge in [-0.05, 0) is 61.5 Å². The van der Waals surface area contributed by atoms with Gasteiger partial charge in [-0.25, -0.2) is 4.39 Å². The largest absolute Gasteiger partial charge is 0.494 e. The van der Waals surface area contributed by atoms with Gasteiger partial charge in [-0.3, -0.25) is 19.3 Å². The molecule has 0 radical (unpaired) electrons. The molecule has 0 fully saturated rings. The van der Waals surface area contributed by atoms with Crippen LogP contribution >= 0.6 is 23.8 Å². The Hall–Kier alpha value is -2.77. The van der Waals surface area contributed by atoms with E-state index in [9.17, 15) is 14.3 Å². The maximum Gasteiger partial charge on any atom is 0.264 e. The van der Waals surface area contributed by atoms with E-state index in [1.165, 1.54) is 22.9 Å². The molecule has 2 aromatic carbocycles. The molecule has 0 spiro atoms. The quantitative estimate of drug-likeness (QED) is 0.489. The van der Waals surface area contributed by atoms with Gasteiger partial charge in [-0.2, -0.15) is 0 Å². The zero-order valence-corrected chi connectivity index (χ0v) is 16.0. The van der Waals surface area contributed by atoms with Gasteiger partial charge in [0.15, 0.2) is 4.77 Å². The monoisotopic (exact) mass is 403 g/mol. The number of rotatable bonds is 3. The van der Waals surface area contributed by atoms with E-state index in [-0.39, 0.29) is 15.4 Å². The van der Waals surface area contributed by atoms with Gasteiger partial charge in [-0.15, -0.1) is 0 Å². The molecule has 3 rings (SSSR count). The maximum absolute atomic E-state index is 13.4. The van der Waals surface area contributed by atoms with E-state index in [0.29, 0.717) is 11.4 Å². The summed E-state index contributed by atoms with van der Waals surface area (Å²) < 4.78 is 14.6. The van der Waals surface area contributed by atoms with Gasteiger partial charge in [0, 0.05) is 6.21 Å². The first-order valence-electron chi connectivity index (χ1n) is 7.93. The fraction of sp³-hybridized carbons (Fsp3) is 0.105. The van der Waals surface area contributed by atoms with Crippen molar-refractivity contribution in [3.05, 3.63) is 79.1 Å². The average Bonchev–Trinajstić information content (AvgIpc) is 2.61. The minimum atomic E-state index is -0.604. The molecule has 27 heavy (non-hydrogen) atoms. The summed E-state index contributed by atoms with van der Waals surface area (Å²) in [7, 11) is 0. The van der Waals surface area contributed by atoms with Gasteiger partial charge in [-0.1, -0.05) is 23.7 Å². The molecule has 0 aliphatic carbocycles. The second kappa shape index (κ2) is 7.46. The number of hydrogen-bond acceptors (Lipinski definition) is 4. The molecular formula is C19H15ClFN3O2S. The molecule has 2 N–H and O–H groups in total. The Kier molecular flexibility index (Phi) is 5.25. The highest BCUT2D eigenvalue weighted by Crippen LogP contribution is 2.25. The Balaban J connectivity index is 2.16. The topological polar surface area (TPSA) is 70.4 Å². The van der Waals surface area contributed by atoms with Crippen molar-refractivity contribution in [3.63, 3.8) is 0 Å². The van der Waals surface area contributed by atoms with E-state index in [0.717, 1.165) is 17.2 Å². The summed E-state index contributed by atoms with van der Waals surface area (Å²) in [5, 5.41) is 10.5. The van der Waals surface area contributed by atoms with E-state index < -0.39 is 17.3 Å². The van der Waals surface area contributed by atoms with Crippen LogP contribution in [0, 0.1) is 24.4 Å². The number of aryl methyl sites for hydroxylation is 1. The van der Waals surface area contributed by atoms with Crippen LogP contribution < -0.4 is 5.56 Å². The third-order valence-corrected chi connectivity index (χ3v) is 4.77. The van der Waals surface area contributed by atoms with Crippen LogP contribution in [-0.4, -0.2) is 20.9 Å². The molecule has 8 heteroatoms. The average molecular weight is 404 g/mol. The Bertz CT molecular complexity index is 1180. The second-order valence-corrected chi connectivity index (χ2v) is 6.70. The zero-order chi connectivity index (χ0) is 19.7. The van der Waals surface area contributed by atoms with Crippen LogP contribution in [0.15, 0.2) is 46.2 Å². The van der Waals surface area contributed by atoms with Crippen molar-refractivity contribution in [2.75, 3.05) is 0 Å². The summed E-state index contributed by atoms with van der Waals surface area (Å²) in [5.41, 5.74) is 2.33. The van der Waals surface area contributed by atoms with E-state index in [2.05, 4.69) is 9.98 Å². The number of halogens is 2. The summed E-state index contributed by atoms with van der Waals surface area (Å²) in [6.45, 7) is 3.87. The Morgan fingerprint density at radius 3 is 2.74 bits per heavy atom. The van der Waals surface area contributed by atoms with Crippen LogP contribution in [-0.2, 0) is 0 Å². The molecule has 1 aromatic heterocycles. The highest BCUT2D eigenvalue weighted by molar-refractivity contribution is 7.71. The molecule has 0 aliphatic heterocycles. The SMILES string of the molecule is Cc1cccc(N=Cc2c(O)n(-c3ccc(F)c(Cl)c3)c(=S)[nH]c2=O)c1C. The van der Waals surface area contributed by atoms with Crippen LogP contribution in [0.1, 0.15) is 16.7 Å². The van der Waals surface area contributed by atoms with Gasteiger partial charge >= 0.3 is 0 Å². The lowest BCUT2D eigenvalue weighted by Crippen LogP contribution is -2.18. The Labute approximate surface area is 164 Å². The summed E-state index contributed by atoms with van der Waals surface area (Å²) in [5.74, 6) is -1.02. The van der Waals surface area contributed by atoms with Gasteiger partial charge in [0.05, 0.1) is 16.4 Å². The maximum atomic E-state index is 13.4. The first-order valence-corrected chi connectivity index (χ1v) is 8.72. The summed E-state index contributed by atoms with van der Waals surface area (Å²) >= 11 is 10.9. The van der Waals surface area contributed by atoms with Gasteiger partial charge in [0.25, 0.3) is 5.56 Å². The lowest BCUT2D eigenvalue weighted by atomic mass is 10.1. The van der Waals surface area contributed by atoms with Crippen molar-refractivity contribution in [2.24, 2.45) is 4.99 Å². The lowest BCUT2D eigenvalue weighted by molar-refractivity contribution is 0.432. The van der Waals surface area contributed by atoms with Crippen molar-refractivity contribution in [2.45, 2.75) is 13.8 Å². The number of benzene rings is 2. The highest BCUT2D eigenvalue weighted by atomic mass is 35.5. The van der Waals surface area contributed by atoms with E-state index in [1.807, 2.05) is 26.0 Å². The fourth-order valence-corrected chi connectivity index (χ4v) is 2.99. The zero-order valence-electron chi connectivity index (χ0n) is 14.5. The molecule has 138 valence electrons. The number of aromatic amines is 1. The number of aliphatic imine (C=N–C) groups is 1. The summed E-state index contributed by atoms with van der Waals surface area (Å²) in [4.78, 5) is 19.1. The van der Waals surface area contributed by atoms with Crippen molar-refractivity contribution in [3.8, 4) is 11.6 Å². The molecule has 0 amide bonds. The van der Waals surface area contributed by atoms with Crippen LogP contribution in [0.4, 0.5) is 10.1 Å². The van der Waals surface area contributed by atoms with E-state index >= 15 is 0 Å². The minimum absolute atomic E-state index is 0.0518. The highest BCUT2D eigenvalue weighted by Gasteiger charge is 2.14. The molecule has 0 aliphatic rings. The number of hydrogen-bond donors (Lipinski definition) is 2. The number of aromatic nitrogens is 2. The standard InChI is InChI=1S/C19H15ClFN3O2S/c1-10-4-3-5-16(11(10)2)22-9-13-17(25)23-19(27)24(18(13)26)12-6-7-15(21)14(20)8-12/h3-9,26H,1-2H3,(H,23,25,27). The van der Waals surface area contributed by atoms with E-state index in [1.54, 1.807) is 6.07 Å². The van der Waals surface area contributed by atoms with Gasteiger partial charge < -0.3 is 5.11 Å². The van der Waals surface area contributed by atoms with Crippen molar-refractivity contribution in [1.82, 2.24) is 9.55 Å². The molecule has 1 heterocycles. The number of H-pyrrole nitrogens is 1. The van der Waals surface area contributed by atoms with Crippen molar-refractivity contribution in [1.29, 1.82) is 0 Å². The number of nitrogens with one attached hydrogen (secondary N) is 1. The summed E-state index contributed by atoms with van der Waals surface area (Å²) in [6, 6.07) is 9.45. The lowest BCUT2D eigenvalue weighted by Gasteiger charge is -2.11. The van der Waals surface area contributed by atoms with Gasteiger partial charge in [0.1, 0.15) is 11.4 Å². The van der Waals surface area contributed by atoms with Crippen molar-refractivity contribution >= 4 is 35.7 Å². The van der Waals surface area contributed by atoms with Crippen LogP contribution in [0.25, 0.3) is 5.69 Å². The van der Waals surface area contributed by atoms with Crippen LogP contribution in [0.2, 0.25) is 5.02 Å². The first-order chi connectivity index (χ1) is 12.8. The molecular weight excluding hydrogens is 389 g/mol. The first kappa shape index (κ1) is 19.0. The number of nitrogens with zero attached hydrogens (tertiary/aromatic N) is 2. The van der Waals surface area contributed by atoms with Crippen LogP contribution in [0.5, 0.6) is 5.88 Å². The molecule has 3 aromatic rings. The smallest absolute Gasteiger partial charge is 0.264 e. The predicted octanol–water partition coefficient (Wildman–Crippen LogP) is 4.76. The molecule has 0 saturated heterocycles. The van der Waals surface area contributed by atoms with Gasteiger partial charge in [0.2, 0.25) is 5.88 Å². The van der Waals surface area contributed by atoms with E-state index in [4.69, 9.17) is 23.8 Å². The third kappa shape index (κ3) is 3.70. The Morgan fingerprint density at radius 1 is 1.30 bits per heavy atom. The predicted molar refractivity (Wildman–Crippen MR) is 107 cm³/mol. The van der Waals surface area contributed by atoms with Crippen molar-refractivity contribution < 1.29 is 9.50 Å². The van der Waals surface area contributed by atoms with Crippen LogP contribution in [0.3, 0.4) is 0 Å². The Morgan fingerprint density at radius 2 is 2.04 bits per heavy atom.